The largest absolute Gasteiger partial charge is 0.306 e. The summed E-state index contributed by atoms with van der Waals surface area (Å²) in [5.74, 6) is 0.156. The fraction of sp³-hybridized carbons (Fsp3) is 0.188. The molecular formula is C16H15NO2S. The Bertz CT molecular complexity index is 694. The van der Waals surface area contributed by atoms with Crippen molar-refractivity contribution in [2.24, 2.45) is 4.99 Å². The minimum absolute atomic E-state index is 0.156. The summed E-state index contributed by atoms with van der Waals surface area (Å²) in [6.45, 7) is 0.794. The molecule has 1 unspecified atom stereocenters. The van der Waals surface area contributed by atoms with Crippen molar-refractivity contribution >= 4 is 16.8 Å². The summed E-state index contributed by atoms with van der Waals surface area (Å²) in [7, 11) is 0. The smallest absolute Gasteiger partial charge is 0.157 e. The molecule has 0 aromatic heterocycles. The van der Waals surface area contributed by atoms with E-state index in [0.717, 1.165) is 29.8 Å². The summed E-state index contributed by atoms with van der Waals surface area (Å²) in [4.78, 5) is 4.64. The van der Waals surface area contributed by atoms with E-state index in [0.29, 0.717) is 0 Å². The second-order valence-electron chi connectivity index (χ2n) is 4.80. The quantitative estimate of drug-likeness (QED) is 0.882. The molecule has 2 aromatic rings. The van der Waals surface area contributed by atoms with E-state index in [2.05, 4.69) is 17.1 Å². The van der Waals surface area contributed by atoms with Gasteiger partial charge in [-0.3, -0.25) is 4.99 Å². The van der Waals surface area contributed by atoms with Gasteiger partial charge in [0.05, 0.1) is 11.5 Å². The predicted molar refractivity (Wildman–Crippen MR) is 81.6 cm³/mol. The third kappa shape index (κ3) is 2.71. The molecule has 0 saturated carbocycles. The first-order valence-electron chi connectivity index (χ1n) is 6.53. The van der Waals surface area contributed by atoms with Gasteiger partial charge < -0.3 is 4.55 Å². The predicted octanol–water partition coefficient (Wildman–Crippen LogP) is 2.80. The van der Waals surface area contributed by atoms with E-state index in [-0.39, 0.29) is 5.75 Å². The lowest BCUT2D eigenvalue weighted by molar-refractivity contribution is 0.563. The van der Waals surface area contributed by atoms with Gasteiger partial charge >= 0.3 is 0 Å². The van der Waals surface area contributed by atoms with Crippen molar-refractivity contribution in [3.05, 3.63) is 70.8 Å². The van der Waals surface area contributed by atoms with Gasteiger partial charge in [0, 0.05) is 17.7 Å². The fourth-order valence-corrected chi connectivity index (χ4v) is 3.01. The van der Waals surface area contributed by atoms with Crippen LogP contribution in [0.5, 0.6) is 0 Å². The number of hydrogen-bond donors (Lipinski definition) is 1. The van der Waals surface area contributed by atoms with E-state index < -0.39 is 11.1 Å². The van der Waals surface area contributed by atoms with Crippen LogP contribution in [0, 0.1) is 0 Å². The first-order valence-corrected chi connectivity index (χ1v) is 7.81. The molecule has 0 fully saturated rings. The van der Waals surface area contributed by atoms with Crippen molar-refractivity contribution in [3.8, 4) is 0 Å². The highest BCUT2D eigenvalue weighted by molar-refractivity contribution is 7.78. The van der Waals surface area contributed by atoms with Crippen molar-refractivity contribution in [3.63, 3.8) is 0 Å². The average Bonchev–Trinajstić information content (AvgIpc) is 2.46. The maximum Gasteiger partial charge on any atom is 0.157 e. The highest BCUT2D eigenvalue weighted by Crippen LogP contribution is 2.21. The molecule has 0 spiro atoms. The zero-order chi connectivity index (χ0) is 13.9. The Morgan fingerprint density at radius 3 is 2.85 bits per heavy atom. The fourth-order valence-electron chi connectivity index (χ4n) is 2.54. The molecule has 1 aliphatic rings. The van der Waals surface area contributed by atoms with Crippen LogP contribution in [0.4, 0.5) is 0 Å². The van der Waals surface area contributed by atoms with Crippen molar-refractivity contribution < 1.29 is 8.76 Å². The molecule has 102 valence electrons. The maximum absolute atomic E-state index is 10.9. The van der Waals surface area contributed by atoms with E-state index in [1.54, 1.807) is 0 Å². The average molecular weight is 285 g/mol. The molecule has 3 rings (SSSR count). The van der Waals surface area contributed by atoms with Gasteiger partial charge in [0.25, 0.3) is 0 Å². The van der Waals surface area contributed by atoms with Crippen LogP contribution in [-0.2, 0) is 23.3 Å². The van der Waals surface area contributed by atoms with Gasteiger partial charge in [-0.2, -0.15) is 0 Å². The molecule has 0 bridgehead atoms. The lowest BCUT2D eigenvalue weighted by Crippen LogP contribution is -2.14. The third-order valence-electron chi connectivity index (χ3n) is 3.41. The summed E-state index contributed by atoms with van der Waals surface area (Å²) >= 11 is -1.81. The van der Waals surface area contributed by atoms with Crippen molar-refractivity contribution in [1.82, 2.24) is 0 Å². The van der Waals surface area contributed by atoms with Crippen LogP contribution in [0.25, 0.3) is 0 Å². The molecule has 4 heteroatoms. The lowest BCUT2D eigenvalue weighted by atomic mass is 9.93. The van der Waals surface area contributed by atoms with Gasteiger partial charge in [0.15, 0.2) is 11.1 Å². The molecule has 0 radical (unpaired) electrons. The Balaban J connectivity index is 2.01. The molecule has 1 N–H and O–H groups in total. The van der Waals surface area contributed by atoms with E-state index in [1.165, 1.54) is 11.1 Å². The molecule has 1 heterocycles. The van der Waals surface area contributed by atoms with Crippen molar-refractivity contribution in [2.45, 2.75) is 12.2 Å². The van der Waals surface area contributed by atoms with Crippen LogP contribution in [0.15, 0.2) is 53.5 Å². The Labute approximate surface area is 120 Å². The van der Waals surface area contributed by atoms with Crippen LogP contribution in [0.3, 0.4) is 0 Å². The molecule has 3 nitrogen and oxygen atoms in total. The monoisotopic (exact) mass is 285 g/mol. The number of aliphatic imine (C=N–C) groups is 1. The highest BCUT2D eigenvalue weighted by atomic mass is 32.2. The Hall–Kier alpha value is -1.78. The molecule has 20 heavy (non-hydrogen) atoms. The second-order valence-corrected chi connectivity index (χ2v) is 5.74. The Morgan fingerprint density at radius 1 is 1.15 bits per heavy atom. The van der Waals surface area contributed by atoms with E-state index in [4.69, 9.17) is 4.55 Å². The van der Waals surface area contributed by atoms with Crippen LogP contribution in [0.2, 0.25) is 0 Å². The van der Waals surface area contributed by atoms with Gasteiger partial charge in [-0.05, 0) is 23.6 Å². The van der Waals surface area contributed by atoms with Gasteiger partial charge in [0.2, 0.25) is 0 Å². The van der Waals surface area contributed by atoms with Crippen molar-refractivity contribution in [2.75, 3.05) is 6.54 Å². The Kier molecular flexibility index (Phi) is 3.76. The number of fused-ring (bicyclic) bond motifs is 1. The molecule has 0 amide bonds. The minimum Gasteiger partial charge on any atom is -0.306 e. The second kappa shape index (κ2) is 5.69. The number of nitrogens with zero attached hydrogens (tertiary/aromatic N) is 1. The van der Waals surface area contributed by atoms with Crippen LogP contribution >= 0.6 is 0 Å². The van der Waals surface area contributed by atoms with E-state index in [1.807, 2.05) is 36.4 Å². The number of hydrogen-bond acceptors (Lipinski definition) is 2. The van der Waals surface area contributed by atoms with Gasteiger partial charge in [-0.25, -0.2) is 4.21 Å². The first kappa shape index (κ1) is 13.2. The first-order chi connectivity index (χ1) is 9.74. The summed E-state index contributed by atoms with van der Waals surface area (Å²) in [5, 5.41) is 0. The summed E-state index contributed by atoms with van der Waals surface area (Å²) < 4.78 is 19.9. The molecule has 0 aliphatic carbocycles. The lowest BCUT2D eigenvalue weighted by Gasteiger charge is -2.17. The molecule has 1 atom stereocenters. The molecule has 1 aliphatic heterocycles. The van der Waals surface area contributed by atoms with E-state index in [9.17, 15) is 4.21 Å². The van der Waals surface area contributed by atoms with Crippen LogP contribution in [0.1, 0.15) is 22.3 Å². The van der Waals surface area contributed by atoms with E-state index >= 15 is 0 Å². The molecular weight excluding hydrogens is 270 g/mol. The van der Waals surface area contributed by atoms with Gasteiger partial charge in [-0.1, -0.05) is 42.5 Å². The van der Waals surface area contributed by atoms with Gasteiger partial charge in [0.1, 0.15) is 0 Å². The van der Waals surface area contributed by atoms with Crippen LogP contribution in [-0.4, -0.2) is 21.0 Å². The molecule has 2 aromatic carbocycles. The number of rotatable bonds is 3. The summed E-state index contributed by atoms with van der Waals surface area (Å²) in [6.07, 6.45) is 0.972. The Morgan fingerprint density at radius 2 is 2.00 bits per heavy atom. The minimum atomic E-state index is -1.81. The summed E-state index contributed by atoms with van der Waals surface area (Å²) in [5.41, 5.74) is 5.33. The number of benzene rings is 2. The zero-order valence-corrected chi connectivity index (χ0v) is 11.8. The van der Waals surface area contributed by atoms with Gasteiger partial charge in [-0.15, -0.1) is 0 Å². The van der Waals surface area contributed by atoms with Crippen molar-refractivity contribution in [1.29, 1.82) is 0 Å². The van der Waals surface area contributed by atoms with Crippen LogP contribution < -0.4 is 0 Å². The standard InChI is InChI=1S/C16H15NO2S/c18-20(19)11-12-4-3-6-14(10-12)16-15-7-2-1-5-13(15)8-9-17-16/h1-7,10H,8-9,11H2,(H,18,19). The maximum atomic E-state index is 10.9. The topological polar surface area (TPSA) is 49.7 Å². The third-order valence-corrected chi connectivity index (χ3v) is 3.99. The molecule has 0 saturated heterocycles. The highest BCUT2D eigenvalue weighted by Gasteiger charge is 2.15. The summed E-state index contributed by atoms with van der Waals surface area (Å²) in [6, 6.07) is 16.0. The normalized spacial score (nSPS) is 15.3. The zero-order valence-electron chi connectivity index (χ0n) is 11.0. The SMILES string of the molecule is O=S(O)Cc1cccc(C2=NCCc3ccccc32)c1.